The number of carbonyl (C=O) groups excluding carboxylic acids is 1. The number of hydrogen-bond donors (Lipinski definition) is 0. The topological polar surface area (TPSA) is 88.8 Å². The molecular formula is C33H36ClF2N7O2. The number of amides is 1. The first-order valence-corrected chi connectivity index (χ1v) is 15.5. The molecule has 12 heteroatoms. The third-order valence-corrected chi connectivity index (χ3v) is 9.71. The van der Waals surface area contributed by atoms with Gasteiger partial charge in [0.25, 0.3) is 5.91 Å². The van der Waals surface area contributed by atoms with E-state index in [2.05, 4.69) is 43.3 Å². The van der Waals surface area contributed by atoms with Crippen molar-refractivity contribution < 1.29 is 18.3 Å². The van der Waals surface area contributed by atoms with Crippen LogP contribution in [0.15, 0.2) is 42.7 Å². The average Bonchev–Trinajstić information content (AvgIpc) is 3.01. The van der Waals surface area contributed by atoms with Crippen LogP contribution in [0.1, 0.15) is 31.5 Å². The highest BCUT2D eigenvalue weighted by Crippen LogP contribution is 2.39. The van der Waals surface area contributed by atoms with E-state index in [0.717, 1.165) is 28.9 Å². The molecule has 2 aromatic carbocycles. The molecule has 1 aromatic heterocycles. The van der Waals surface area contributed by atoms with Gasteiger partial charge in [-0.05, 0) is 36.4 Å². The van der Waals surface area contributed by atoms with Crippen molar-refractivity contribution in [2.24, 2.45) is 5.41 Å². The van der Waals surface area contributed by atoms with Gasteiger partial charge < -0.3 is 19.4 Å². The molecule has 2 atom stereocenters. The number of likely N-dealkylation sites (tertiary alicyclic amines) is 1. The van der Waals surface area contributed by atoms with Gasteiger partial charge >= 0.3 is 6.01 Å². The maximum absolute atomic E-state index is 14.6. The zero-order chi connectivity index (χ0) is 32.0. The summed E-state index contributed by atoms with van der Waals surface area (Å²) in [7, 11) is 2.07. The van der Waals surface area contributed by atoms with E-state index < -0.39 is 23.6 Å². The molecule has 236 valence electrons. The van der Waals surface area contributed by atoms with E-state index in [4.69, 9.17) is 26.3 Å². The normalized spacial score (nSPS) is 21.2. The Hall–Kier alpha value is -4.01. The Morgan fingerprint density at radius 3 is 2.71 bits per heavy atom. The van der Waals surface area contributed by atoms with Crippen LogP contribution in [0, 0.1) is 22.6 Å². The number of nitriles is 1. The van der Waals surface area contributed by atoms with Crippen LogP contribution in [0.25, 0.3) is 10.8 Å². The smallest absolute Gasteiger partial charge is 0.318 e. The lowest BCUT2D eigenvalue weighted by atomic mass is 9.76. The summed E-state index contributed by atoms with van der Waals surface area (Å²) in [6, 6.07) is 10.9. The Bertz CT molecular complexity index is 1710. The maximum atomic E-state index is 14.6. The lowest BCUT2D eigenvalue weighted by Gasteiger charge is -2.52. The van der Waals surface area contributed by atoms with Crippen LogP contribution in [0.3, 0.4) is 0 Å². The summed E-state index contributed by atoms with van der Waals surface area (Å²) in [6.45, 7) is 10.9. The van der Waals surface area contributed by atoms with Crippen molar-refractivity contribution in [3.63, 3.8) is 0 Å². The third-order valence-electron chi connectivity index (χ3n) is 9.34. The van der Waals surface area contributed by atoms with Crippen LogP contribution in [-0.2, 0) is 17.8 Å². The fraction of sp³-hybridized carbons (Fsp3) is 0.455. The van der Waals surface area contributed by atoms with Gasteiger partial charge in [-0.3, -0.25) is 9.69 Å². The Morgan fingerprint density at radius 2 is 2.00 bits per heavy atom. The van der Waals surface area contributed by atoms with E-state index in [1.807, 2.05) is 23.1 Å². The Morgan fingerprint density at radius 1 is 1.20 bits per heavy atom. The van der Waals surface area contributed by atoms with E-state index in [-0.39, 0.29) is 35.5 Å². The van der Waals surface area contributed by atoms with Gasteiger partial charge in [-0.1, -0.05) is 50.2 Å². The lowest BCUT2D eigenvalue weighted by molar-refractivity contribution is -0.131. The molecule has 2 saturated heterocycles. The van der Waals surface area contributed by atoms with Crippen molar-refractivity contribution in [2.75, 3.05) is 56.2 Å². The fourth-order valence-electron chi connectivity index (χ4n) is 7.07. The van der Waals surface area contributed by atoms with Crippen LogP contribution < -0.4 is 14.5 Å². The molecule has 0 radical (unpaired) electrons. The SMILES string of the molecule is C=C(F)C(=O)N1CCN(c2nc(OCC3N(C)CC3(C)C)nc3c2CCN(c2cccc4ccc(F)c(Cl)c24)C3)C[C@@H]1CC#N. The number of aromatic nitrogens is 2. The first kappa shape index (κ1) is 31.0. The van der Waals surface area contributed by atoms with Crippen molar-refractivity contribution in [2.45, 2.75) is 45.3 Å². The van der Waals surface area contributed by atoms with Gasteiger partial charge in [-0.25, -0.2) is 8.78 Å². The number of likely N-dealkylation sites (N-methyl/N-ethyl adjacent to an activating group) is 1. The second-order valence-corrected chi connectivity index (χ2v) is 13.1. The van der Waals surface area contributed by atoms with E-state index >= 15 is 0 Å². The molecule has 9 nitrogen and oxygen atoms in total. The summed E-state index contributed by atoms with van der Waals surface area (Å²) >= 11 is 6.48. The van der Waals surface area contributed by atoms with E-state index in [1.54, 1.807) is 6.07 Å². The van der Waals surface area contributed by atoms with Gasteiger partial charge in [0.1, 0.15) is 18.2 Å². The van der Waals surface area contributed by atoms with Crippen LogP contribution in [0.4, 0.5) is 20.3 Å². The van der Waals surface area contributed by atoms with Crippen LogP contribution in [0.5, 0.6) is 6.01 Å². The molecule has 1 amide bonds. The third kappa shape index (κ3) is 5.77. The molecular weight excluding hydrogens is 600 g/mol. The van der Waals surface area contributed by atoms with Crippen LogP contribution in [-0.4, -0.2) is 84.1 Å². The molecule has 3 aliphatic rings. The number of benzene rings is 2. The van der Waals surface area contributed by atoms with E-state index in [9.17, 15) is 18.8 Å². The molecule has 2 fully saturated rings. The highest BCUT2D eigenvalue weighted by molar-refractivity contribution is 6.36. The molecule has 0 saturated carbocycles. The van der Waals surface area contributed by atoms with Crippen LogP contribution >= 0.6 is 11.6 Å². The van der Waals surface area contributed by atoms with Crippen molar-refractivity contribution in [3.8, 4) is 12.1 Å². The zero-order valence-corrected chi connectivity index (χ0v) is 26.4. The Balaban J connectivity index is 1.35. The molecule has 0 spiro atoms. The Kier molecular flexibility index (Phi) is 8.31. The number of halogens is 3. The number of ether oxygens (including phenoxy) is 1. The fourth-order valence-corrected chi connectivity index (χ4v) is 7.34. The van der Waals surface area contributed by atoms with Crippen molar-refractivity contribution in [1.29, 1.82) is 5.26 Å². The van der Waals surface area contributed by atoms with Gasteiger partial charge in [0.2, 0.25) is 0 Å². The van der Waals surface area contributed by atoms with Crippen molar-refractivity contribution >= 4 is 39.8 Å². The van der Waals surface area contributed by atoms with E-state index in [0.29, 0.717) is 50.4 Å². The summed E-state index contributed by atoms with van der Waals surface area (Å²) in [5, 5.41) is 11.1. The number of fused-ring (bicyclic) bond motifs is 2. The summed E-state index contributed by atoms with van der Waals surface area (Å²) in [5.74, 6) is -1.62. The number of anilines is 2. The number of hydrogen-bond acceptors (Lipinski definition) is 8. The average molecular weight is 636 g/mol. The molecule has 4 heterocycles. The molecule has 0 bridgehead atoms. The highest BCUT2D eigenvalue weighted by Gasteiger charge is 2.44. The first-order valence-electron chi connectivity index (χ1n) is 15.1. The molecule has 6 rings (SSSR count). The second kappa shape index (κ2) is 12.1. The van der Waals surface area contributed by atoms with Crippen molar-refractivity contribution in [3.05, 3.63) is 64.8 Å². The van der Waals surface area contributed by atoms with Gasteiger partial charge in [-0.2, -0.15) is 15.2 Å². The predicted octanol–water partition coefficient (Wildman–Crippen LogP) is 5.12. The number of piperazine rings is 1. The predicted molar refractivity (Wildman–Crippen MR) is 170 cm³/mol. The minimum absolute atomic E-state index is 0.0431. The number of nitrogens with zero attached hydrogens (tertiary/aromatic N) is 7. The molecule has 0 aliphatic carbocycles. The molecule has 45 heavy (non-hydrogen) atoms. The molecule has 1 unspecified atom stereocenters. The van der Waals surface area contributed by atoms with Gasteiger partial charge in [0.15, 0.2) is 5.83 Å². The van der Waals surface area contributed by atoms with Gasteiger partial charge in [-0.15, -0.1) is 0 Å². The maximum Gasteiger partial charge on any atom is 0.318 e. The summed E-state index contributed by atoms with van der Waals surface area (Å²) in [6.07, 6.45) is 0.636. The molecule has 0 N–H and O–H groups in total. The summed E-state index contributed by atoms with van der Waals surface area (Å²) < 4.78 is 34.6. The largest absolute Gasteiger partial charge is 0.462 e. The zero-order valence-electron chi connectivity index (χ0n) is 25.7. The van der Waals surface area contributed by atoms with Crippen LogP contribution in [0.2, 0.25) is 5.02 Å². The standard InChI is InChI=1S/C33H36ClF2N7O2/c1-20(35)31(44)43-15-14-42(16-22(43)10-12-37)30-23-11-13-41(26-7-5-6-21-8-9-24(36)29(34)28(21)26)17-25(23)38-32(39-30)45-18-27-33(2,3)19-40(27)4/h5-9,22,27H,1,10-11,13-19H2,2-4H3/t22-,27?/m0/s1. The summed E-state index contributed by atoms with van der Waals surface area (Å²) in [4.78, 5) is 30.1. The molecule has 3 aromatic rings. The summed E-state index contributed by atoms with van der Waals surface area (Å²) in [5.41, 5.74) is 2.64. The monoisotopic (exact) mass is 635 g/mol. The highest BCUT2D eigenvalue weighted by atomic mass is 35.5. The first-order chi connectivity index (χ1) is 21.5. The van der Waals surface area contributed by atoms with Gasteiger partial charge in [0, 0.05) is 55.4 Å². The number of carbonyl (C=O) groups is 1. The molecule has 3 aliphatic heterocycles. The van der Waals surface area contributed by atoms with Crippen molar-refractivity contribution in [1.82, 2.24) is 19.8 Å². The lowest BCUT2D eigenvalue weighted by Crippen LogP contribution is -2.62. The van der Waals surface area contributed by atoms with E-state index in [1.165, 1.54) is 11.0 Å². The quantitative estimate of drug-likeness (QED) is 0.331. The minimum Gasteiger partial charge on any atom is -0.462 e. The Labute approximate surface area is 266 Å². The van der Waals surface area contributed by atoms with Gasteiger partial charge in [0.05, 0.1) is 35.8 Å². The minimum atomic E-state index is -1.04. The second-order valence-electron chi connectivity index (χ2n) is 12.8. The number of rotatable bonds is 7.